The Kier molecular flexibility index (Phi) is 1.67. The van der Waals surface area contributed by atoms with E-state index in [0.29, 0.717) is 24.3 Å². The summed E-state index contributed by atoms with van der Waals surface area (Å²) in [5.41, 5.74) is 0.560. The second kappa shape index (κ2) is 2.98. The second-order valence-electron chi connectivity index (χ2n) is 3.83. The first-order chi connectivity index (χ1) is 6.59. The zero-order valence-electron chi connectivity index (χ0n) is 8.25. The monoisotopic (exact) mass is 181 g/mol. The molecular weight excluding hydrogens is 168 g/mol. The Morgan fingerprint density at radius 1 is 1.54 bits per heavy atom. The number of carboxylic acid groups (broad SMARTS) is 1. The van der Waals surface area contributed by atoms with Crippen molar-refractivity contribution in [2.75, 3.05) is 0 Å². The zero-order chi connectivity index (χ0) is 10.3. The summed E-state index contributed by atoms with van der Waals surface area (Å²) in [5.74, 6) is -1.04. The van der Waals surface area contributed by atoms with Crippen molar-refractivity contribution in [1.29, 1.82) is 0 Å². The van der Waals surface area contributed by atoms with Crippen molar-refractivity contribution in [2.24, 2.45) is 11.8 Å². The van der Waals surface area contributed by atoms with Gasteiger partial charge in [-0.1, -0.05) is 5.57 Å². The van der Waals surface area contributed by atoms with E-state index in [1.165, 1.54) is 0 Å². The lowest BCUT2D eigenvalue weighted by molar-refractivity contribution is -0.131. The summed E-state index contributed by atoms with van der Waals surface area (Å²) >= 11 is 0. The van der Waals surface area contributed by atoms with Crippen LogP contribution in [0.3, 0.4) is 0 Å². The molecule has 3 saturated carbocycles. The van der Waals surface area contributed by atoms with Crippen molar-refractivity contribution in [3.63, 3.8) is 0 Å². The highest BCUT2D eigenvalue weighted by atomic mass is 16.4. The van der Waals surface area contributed by atoms with Gasteiger partial charge in [-0.3, -0.25) is 4.79 Å². The van der Waals surface area contributed by atoms with Crippen molar-refractivity contribution in [3.05, 3.63) is 11.6 Å². The van der Waals surface area contributed by atoms with Crippen LogP contribution in [0.5, 0.6) is 0 Å². The lowest BCUT2D eigenvalue weighted by atomic mass is 9.67. The van der Waals surface area contributed by atoms with E-state index in [1.54, 1.807) is 0 Å². The number of Topliss-reactive ketones (excluding diaryl/α,β-unsaturated/α-hetero) is 1. The molecule has 0 aliphatic heterocycles. The molecule has 3 heteroatoms. The van der Waals surface area contributed by atoms with Gasteiger partial charge < -0.3 is 5.11 Å². The van der Waals surface area contributed by atoms with Crippen LogP contribution in [-0.2, 0) is 9.59 Å². The number of carboxylic acids is 1. The molecule has 0 aromatic rings. The summed E-state index contributed by atoms with van der Waals surface area (Å²) in [5, 5.41) is 8.69. The van der Waals surface area contributed by atoms with Crippen LogP contribution >= 0.6 is 0 Å². The SMILES string of the molecule is [2H]/C(C(=O)O)=C1\C[C@H]2CC[C@@H]1C(=O)C2. The van der Waals surface area contributed by atoms with Gasteiger partial charge in [0, 0.05) is 18.4 Å². The van der Waals surface area contributed by atoms with E-state index in [9.17, 15) is 9.59 Å². The summed E-state index contributed by atoms with van der Waals surface area (Å²) in [6, 6.07) is -0.354. The van der Waals surface area contributed by atoms with Gasteiger partial charge in [0.1, 0.15) is 5.78 Å². The maximum Gasteiger partial charge on any atom is 0.328 e. The van der Waals surface area contributed by atoms with Crippen LogP contribution in [0.15, 0.2) is 11.6 Å². The van der Waals surface area contributed by atoms with E-state index in [1.807, 2.05) is 0 Å². The Hall–Kier alpha value is -1.12. The molecule has 0 aromatic heterocycles. The number of allylic oxidation sites excluding steroid dienone is 1. The molecule has 0 heterocycles. The first kappa shape index (κ1) is 7.30. The van der Waals surface area contributed by atoms with E-state index in [2.05, 4.69) is 0 Å². The van der Waals surface area contributed by atoms with Gasteiger partial charge in [-0.05, 0) is 25.2 Å². The normalized spacial score (nSPS) is 37.2. The Balaban J connectivity index is 2.35. The van der Waals surface area contributed by atoms with E-state index >= 15 is 0 Å². The van der Waals surface area contributed by atoms with Crippen LogP contribution in [0.2, 0.25) is 0 Å². The number of ketones is 1. The fourth-order valence-electron chi connectivity index (χ4n) is 2.36. The van der Waals surface area contributed by atoms with E-state index in [4.69, 9.17) is 6.48 Å². The van der Waals surface area contributed by atoms with Crippen molar-refractivity contribution in [1.82, 2.24) is 0 Å². The first-order valence-corrected chi connectivity index (χ1v) is 4.55. The topological polar surface area (TPSA) is 54.4 Å². The Labute approximate surface area is 77.8 Å². The highest BCUT2D eigenvalue weighted by Crippen LogP contribution is 2.42. The quantitative estimate of drug-likeness (QED) is 0.622. The minimum atomic E-state index is -1.21. The van der Waals surface area contributed by atoms with Gasteiger partial charge in [0.15, 0.2) is 0 Å². The van der Waals surface area contributed by atoms with E-state index in [0.717, 1.165) is 12.8 Å². The predicted octanol–water partition coefficient (Wildman–Crippen LogP) is 1.39. The summed E-state index contributed by atoms with van der Waals surface area (Å²) in [7, 11) is 0. The number of hydrogen-bond donors (Lipinski definition) is 1. The fraction of sp³-hybridized carbons (Fsp3) is 0.600. The molecule has 0 unspecified atom stereocenters. The average molecular weight is 181 g/mol. The third-order valence-electron chi connectivity index (χ3n) is 2.94. The predicted molar refractivity (Wildman–Crippen MR) is 46.2 cm³/mol. The van der Waals surface area contributed by atoms with Crippen LogP contribution in [0, 0.1) is 11.8 Å². The maximum absolute atomic E-state index is 11.5. The molecule has 70 valence electrons. The maximum atomic E-state index is 11.5. The van der Waals surface area contributed by atoms with Crippen LogP contribution in [0.25, 0.3) is 0 Å². The molecule has 13 heavy (non-hydrogen) atoms. The van der Waals surface area contributed by atoms with E-state index in [-0.39, 0.29) is 17.8 Å². The molecule has 0 spiro atoms. The highest BCUT2D eigenvalue weighted by Gasteiger charge is 2.37. The van der Waals surface area contributed by atoms with Crippen molar-refractivity contribution < 1.29 is 16.1 Å². The van der Waals surface area contributed by atoms with Gasteiger partial charge in [0.05, 0.1) is 1.37 Å². The molecule has 0 aromatic carbocycles. The molecule has 3 nitrogen and oxygen atoms in total. The molecule has 2 bridgehead atoms. The zero-order valence-corrected chi connectivity index (χ0v) is 7.25. The number of carbonyl (C=O) groups is 2. The third kappa shape index (κ3) is 1.50. The molecule has 0 radical (unpaired) electrons. The van der Waals surface area contributed by atoms with Crippen molar-refractivity contribution >= 4 is 11.8 Å². The molecule has 3 aliphatic carbocycles. The van der Waals surface area contributed by atoms with Crippen LogP contribution in [0.4, 0.5) is 0 Å². The van der Waals surface area contributed by atoms with Gasteiger partial charge >= 0.3 is 5.97 Å². The van der Waals surface area contributed by atoms with Gasteiger partial charge in [-0.25, -0.2) is 4.79 Å². The molecule has 2 atom stereocenters. The number of fused-ring (bicyclic) bond motifs is 3. The van der Waals surface area contributed by atoms with Crippen LogP contribution in [0.1, 0.15) is 27.1 Å². The summed E-state index contributed by atoms with van der Waals surface area (Å²) in [6.07, 6.45) is 2.98. The Morgan fingerprint density at radius 3 is 2.85 bits per heavy atom. The first-order valence-electron chi connectivity index (χ1n) is 5.05. The van der Waals surface area contributed by atoms with Gasteiger partial charge in [0.25, 0.3) is 0 Å². The van der Waals surface area contributed by atoms with Gasteiger partial charge in [-0.2, -0.15) is 0 Å². The Morgan fingerprint density at radius 2 is 2.31 bits per heavy atom. The smallest absolute Gasteiger partial charge is 0.328 e. The fourth-order valence-corrected chi connectivity index (χ4v) is 2.36. The molecule has 3 fully saturated rings. The largest absolute Gasteiger partial charge is 0.478 e. The number of rotatable bonds is 1. The van der Waals surface area contributed by atoms with Crippen molar-refractivity contribution in [3.8, 4) is 0 Å². The third-order valence-corrected chi connectivity index (χ3v) is 2.94. The van der Waals surface area contributed by atoms with Crippen LogP contribution in [-0.4, -0.2) is 16.9 Å². The van der Waals surface area contributed by atoms with Crippen LogP contribution < -0.4 is 0 Å². The Bertz CT molecular complexity index is 332. The average Bonchev–Trinajstić information content (AvgIpc) is 2.16. The summed E-state index contributed by atoms with van der Waals surface area (Å²) in [6.45, 7) is 0. The van der Waals surface area contributed by atoms with Gasteiger partial charge in [-0.15, -0.1) is 0 Å². The van der Waals surface area contributed by atoms with E-state index < -0.39 is 5.97 Å². The molecule has 0 amide bonds. The lowest BCUT2D eigenvalue weighted by Crippen LogP contribution is -2.33. The molecular formula is C10H12O3. The highest BCUT2D eigenvalue weighted by molar-refractivity contribution is 5.89. The molecule has 3 aliphatic rings. The minimum absolute atomic E-state index is 0.133. The van der Waals surface area contributed by atoms with Crippen molar-refractivity contribution in [2.45, 2.75) is 25.7 Å². The summed E-state index contributed by atoms with van der Waals surface area (Å²) in [4.78, 5) is 22.1. The molecule has 3 rings (SSSR count). The molecule has 0 saturated heterocycles. The number of hydrogen-bond acceptors (Lipinski definition) is 2. The summed E-state index contributed by atoms with van der Waals surface area (Å²) < 4.78 is 7.39. The number of carbonyl (C=O) groups excluding carboxylic acids is 1. The molecule has 1 N–H and O–H groups in total. The van der Waals surface area contributed by atoms with Gasteiger partial charge in [0.2, 0.25) is 0 Å². The minimum Gasteiger partial charge on any atom is -0.478 e. The standard InChI is InChI=1S/C10H12O3/c11-9-4-6-1-2-8(9)7(3-6)5-10(12)13/h5-6,8H,1-4H2,(H,12,13)/b7-5-/t6-,8+/m1/s1/i5D. The second-order valence-corrected chi connectivity index (χ2v) is 3.83. The lowest BCUT2D eigenvalue weighted by Gasteiger charge is -2.36. The number of aliphatic carboxylic acids is 1.